The zero-order valence-corrected chi connectivity index (χ0v) is 18.5. The lowest BCUT2D eigenvalue weighted by Crippen LogP contribution is -2.56. The molecule has 26 heavy (non-hydrogen) atoms. The molecule has 156 valence electrons. The molecule has 5 nitrogen and oxygen atoms in total. The maximum absolute atomic E-state index is 12.8. The average molecular weight is 494 g/mol. The van der Waals surface area contributed by atoms with E-state index in [-0.39, 0.29) is 24.0 Å². The number of ether oxygens (including phenoxy) is 1. The molecule has 0 aromatic heterocycles. The number of unbranched alkanes of at least 4 members (excludes halogenated alkanes) is 1. The molecule has 1 rings (SSSR count). The zero-order chi connectivity index (χ0) is 18.7. The SMILES string of the molecule is CCCCOCCCN=C(NCC)N1CCN(C(C)C(F)(F)F)CC1.I. The van der Waals surface area contributed by atoms with Crippen molar-refractivity contribution < 1.29 is 17.9 Å². The summed E-state index contributed by atoms with van der Waals surface area (Å²) < 4.78 is 44.0. The van der Waals surface area contributed by atoms with Gasteiger partial charge in [0.2, 0.25) is 0 Å². The molecule has 0 aromatic carbocycles. The van der Waals surface area contributed by atoms with E-state index in [0.29, 0.717) is 39.3 Å². The summed E-state index contributed by atoms with van der Waals surface area (Å²) in [5.41, 5.74) is 0. The van der Waals surface area contributed by atoms with E-state index >= 15 is 0 Å². The van der Waals surface area contributed by atoms with Crippen LogP contribution in [0.15, 0.2) is 4.99 Å². The van der Waals surface area contributed by atoms with Crippen LogP contribution in [0.5, 0.6) is 0 Å². The molecular weight excluding hydrogens is 460 g/mol. The standard InChI is InChI=1S/C17H33F3N4O.HI/c1-4-6-13-25-14-7-8-22-16(21-5-2)24-11-9-23(10-12-24)15(3)17(18,19)20;/h15H,4-14H2,1-3H3,(H,21,22);1H. The van der Waals surface area contributed by atoms with Gasteiger partial charge in [-0.05, 0) is 26.7 Å². The summed E-state index contributed by atoms with van der Waals surface area (Å²) in [5.74, 6) is 0.787. The number of hydrogen-bond acceptors (Lipinski definition) is 3. The molecule has 0 aliphatic carbocycles. The van der Waals surface area contributed by atoms with Crippen LogP contribution in [0.25, 0.3) is 0 Å². The topological polar surface area (TPSA) is 40.1 Å². The maximum atomic E-state index is 12.8. The molecule has 0 radical (unpaired) electrons. The Morgan fingerprint density at radius 1 is 1.12 bits per heavy atom. The summed E-state index contributed by atoms with van der Waals surface area (Å²) in [6, 6.07) is -1.39. The number of rotatable bonds is 9. The normalized spacial score (nSPS) is 17.8. The number of piperazine rings is 1. The van der Waals surface area contributed by atoms with Gasteiger partial charge in [-0.3, -0.25) is 9.89 Å². The minimum atomic E-state index is -4.17. The third-order valence-corrected chi connectivity index (χ3v) is 4.32. The van der Waals surface area contributed by atoms with Crippen LogP contribution in [0.1, 0.15) is 40.0 Å². The first-order valence-corrected chi connectivity index (χ1v) is 9.31. The minimum absolute atomic E-state index is 0. The summed E-state index contributed by atoms with van der Waals surface area (Å²) in [6.07, 6.45) is -1.11. The van der Waals surface area contributed by atoms with E-state index < -0.39 is 12.2 Å². The number of nitrogens with zero attached hydrogens (tertiary/aromatic N) is 3. The second-order valence-corrected chi connectivity index (χ2v) is 6.30. The van der Waals surface area contributed by atoms with Gasteiger partial charge < -0.3 is 15.0 Å². The van der Waals surface area contributed by atoms with Gasteiger partial charge in [-0.25, -0.2) is 0 Å². The Morgan fingerprint density at radius 3 is 2.27 bits per heavy atom. The second kappa shape index (κ2) is 13.8. The van der Waals surface area contributed by atoms with Crippen molar-refractivity contribution in [3.8, 4) is 0 Å². The monoisotopic (exact) mass is 494 g/mol. The zero-order valence-electron chi connectivity index (χ0n) is 16.1. The van der Waals surface area contributed by atoms with Gasteiger partial charge in [-0.15, -0.1) is 24.0 Å². The Kier molecular flexibility index (Phi) is 13.7. The fourth-order valence-electron chi connectivity index (χ4n) is 2.65. The maximum Gasteiger partial charge on any atom is 0.403 e. The fourth-order valence-corrected chi connectivity index (χ4v) is 2.65. The van der Waals surface area contributed by atoms with Crippen molar-refractivity contribution in [2.75, 3.05) is 52.5 Å². The van der Waals surface area contributed by atoms with Gasteiger partial charge in [0, 0.05) is 52.5 Å². The van der Waals surface area contributed by atoms with Crippen LogP contribution in [0.4, 0.5) is 13.2 Å². The van der Waals surface area contributed by atoms with Gasteiger partial charge >= 0.3 is 6.18 Å². The van der Waals surface area contributed by atoms with Gasteiger partial charge in [-0.1, -0.05) is 13.3 Å². The smallest absolute Gasteiger partial charge is 0.381 e. The average Bonchev–Trinajstić information content (AvgIpc) is 2.59. The van der Waals surface area contributed by atoms with Crippen molar-refractivity contribution in [3.05, 3.63) is 0 Å². The van der Waals surface area contributed by atoms with Gasteiger partial charge in [0.15, 0.2) is 5.96 Å². The highest BCUT2D eigenvalue weighted by molar-refractivity contribution is 14.0. The summed E-state index contributed by atoms with van der Waals surface area (Å²) in [6.45, 7) is 10.1. The number of halogens is 4. The molecule has 1 aliphatic heterocycles. The highest BCUT2D eigenvalue weighted by atomic mass is 127. The Hall–Kier alpha value is -0.290. The number of alkyl halides is 3. The molecule has 1 unspecified atom stereocenters. The molecule has 1 aliphatic rings. The van der Waals surface area contributed by atoms with E-state index in [1.54, 1.807) is 0 Å². The highest BCUT2D eigenvalue weighted by Gasteiger charge is 2.41. The van der Waals surface area contributed by atoms with Gasteiger partial charge in [-0.2, -0.15) is 13.2 Å². The number of hydrogen-bond donors (Lipinski definition) is 1. The van der Waals surface area contributed by atoms with Gasteiger partial charge in [0.1, 0.15) is 6.04 Å². The molecular formula is C17H34F3IN4O. The minimum Gasteiger partial charge on any atom is -0.381 e. The molecule has 0 amide bonds. The van der Waals surface area contributed by atoms with Crippen LogP contribution in [0, 0.1) is 0 Å². The molecule has 1 atom stereocenters. The highest BCUT2D eigenvalue weighted by Crippen LogP contribution is 2.25. The third kappa shape index (κ3) is 9.59. The number of aliphatic imine (C=N–C) groups is 1. The Morgan fingerprint density at radius 2 is 1.73 bits per heavy atom. The lowest BCUT2D eigenvalue weighted by atomic mass is 10.2. The Bertz CT molecular complexity index is 389. The van der Waals surface area contributed by atoms with Crippen LogP contribution in [0.3, 0.4) is 0 Å². The summed E-state index contributed by atoms with van der Waals surface area (Å²) in [7, 11) is 0. The van der Waals surface area contributed by atoms with Gasteiger partial charge in [0.25, 0.3) is 0 Å². The van der Waals surface area contributed by atoms with Crippen LogP contribution in [0.2, 0.25) is 0 Å². The lowest BCUT2D eigenvalue weighted by Gasteiger charge is -2.39. The van der Waals surface area contributed by atoms with Crippen LogP contribution < -0.4 is 5.32 Å². The summed E-state index contributed by atoms with van der Waals surface area (Å²) in [4.78, 5) is 8.11. The Balaban J connectivity index is 0.00000625. The number of guanidine groups is 1. The van der Waals surface area contributed by atoms with E-state index in [0.717, 1.165) is 38.4 Å². The summed E-state index contributed by atoms with van der Waals surface area (Å²) >= 11 is 0. The Labute approximate surface area is 172 Å². The van der Waals surface area contributed by atoms with E-state index in [1.165, 1.54) is 11.8 Å². The predicted molar refractivity (Wildman–Crippen MR) is 110 cm³/mol. The lowest BCUT2D eigenvalue weighted by molar-refractivity contribution is -0.181. The quantitative estimate of drug-likeness (QED) is 0.231. The second-order valence-electron chi connectivity index (χ2n) is 6.30. The molecule has 0 spiro atoms. The van der Waals surface area contributed by atoms with Crippen molar-refractivity contribution in [2.45, 2.75) is 52.3 Å². The molecule has 0 bridgehead atoms. The molecule has 0 aromatic rings. The van der Waals surface area contributed by atoms with Crippen LogP contribution in [-0.4, -0.2) is 80.5 Å². The molecule has 1 saturated heterocycles. The first-order valence-electron chi connectivity index (χ1n) is 9.31. The molecule has 1 N–H and O–H groups in total. The van der Waals surface area contributed by atoms with E-state index in [9.17, 15) is 13.2 Å². The molecule has 9 heteroatoms. The van der Waals surface area contributed by atoms with Crippen LogP contribution in [-0.2, 0) is 4.74 Å². The first-order chi connectivity index (χ1) is 11.9. The van der Waals surface area contributed by atoms with Crippen molar-refractivity contribution in [3.63, 3.8) is 0 Å². The van der Waals surface area contributed by atoms with E-state index in [2.05, 4.69) is 17.2 Å². The largest absolute Gasteiger partial charge is 0.403 e. The molecule has 1 fully saturated rings. The van der Waals surface area contributed by atoms with E-state index in [4.69, 9.17) is 4.74 Å². The van der Waals surface area contributed by atoms with Crippen LogP contribution >= 0.6 is 24.0 Å². The first kappa shape index (κ1) is 25.7. The fraction of sp³-hybridized carbons (Fsp3) is 0.941. The molecule has 0 saturated carbocycles. The van der Waals surface area contributed by atoms with Crippen molar-refractivity contribution in [2.24, 2.45) is 4.99 Å². The molecule has 1 heterocycles. The van der Waals surface area contributed by atoms with Crippen molar-refractivity contribution in [1.82, 2.24) is 15.1 Å². The summed E-state index contributed by atoms with van der Waals surface area (Å²) in [5, 5.41) is 3.23. The van der Waals surface area contributed by atoms with E-state index in [1.807, 2.05) is 11.8 Å². The predicted octanol–water partition coefficient (Wildman–Crippen LogP) is 3.35. The third-order valence-electron chi connectivity index (χ3n) is 4.32. The number of nitrogens with one attached hydrogen (secondary N) is 1. The van der Waals surface area contributed by atoms with Crippen molar-refractivity contribution in [1.29, 1.82) is 0 Å². The van der Waals surface area contributed by atoms with Gasteiger partial charge in [0.05, 0.1) is 0 Å². The van der Waals surface area contributed by atoms with Crippen molar-refractivity contribution >= 4 is 29.9 Å².